The molecule has 0 aromatic heterocycles. The molecular formula is C12H25N3O2. The van der Waals surface area contributed by atoms with Crippen molar-refractivity contribution < 1.29 is 9.59 Å². The molecule has 0 aliphatic rings. The van der Waals surface area contributed by atoms with Crippen LogP contribution < -0.4 is 11.1 Å². The first-order valence-electron chi connectivity index (χ1n) is 6.06. The van der Waals surface area contributed by atoms with Gasteiger partial charge in [0.15, 0.2) is 0 Å². The van der Waals surface area contributed by atoms with Crippen molar-refractivity contribution in [2.24, 2.45) is 11.7 Å². The summed E-state index contributed by atoms with van der Waals surface area (Å²) < 4.78 is 0. The largest absolute Gasteiger partial charge is 0.345 e. The predicted octanol–water partition coefficient (Wildman–Crippen LogP) is -0.00480. The normalized spacial score (nSPS) is 14.8. The molecule has 0 saturated carbocycles. The maximum Gasteiger partial charge on any atom is 0.238 e. The Kier molecular flexibility index (Phi) is 7.74. The molecule has 0 aliphatic carbocycles. The van der Waals surface area contributed by atoms with Gasteiger partial charge in [0, 0.05) is 0 Å². The van der Waals surface area contributed by atoms with Crippen molar-refractivity contribution >= 4 is 12.2 Å². The first-order chi connectivity index (χ1) is 7.93. The summed E-state index contributed by atoms with van der Waals surface area (Å²) in [6.45, 7) is 4.50. The lowest BCUT2D eigenvalue weighted by molar-refractivity contribution is -0.129. The van der Waals surface area contributed by atoms with Gasteiger partial charge in [-0.1, -0.05) is 13.8 Å². The molecule has 0 radical (unpaired) electrons. The molecule has 1 amide bonds. The van der Waals surface area contributed by atoms with Gasteiger partial charge >= 0.3 is 0 Å². The van der Waals surface area contributed by atoms with Crippen LogP contribution in [0.25, 0.3) is 0 Å². The average molecular weight is 243 g/mol. The number of nitrogens with one attached hydrogen (secondary N) is 1. The van der Waals surface area contributed by atoms with Crippen LogP contribution in [0.3, 0.4) is 0 Å². The minimum Gasteiger partial charge on any atom is -0.345 e. The minimum atomic E-state index is -0.424. The predicted molar refractivity (Wildman–Crippen MR) is 68.6 cm³/mol. The first kappa shape index (κ1) is 16.1. The van der Waals surface area contributed by atoms with Crippen LogP contribution in [0.1, 0.15) is 26.7 Å². The third kappa shape index (κ3) is 5.79. The smallest absolute Gasteiger partial charge is 0.238 e. The van der Waals surface area contributed by atoms with E-state index in [2.05, 4.69) is 5.32 Å². The van der Waals surface area contributed by atoms with Crippen molar-refractivity contribution in [3.63, 3.8) is 0 Å². The van der Waals surface area contributed by atoms with E-state index in [1.807, 2.05) is 32.8 Å². The Hall–Kier alpha value is -0.940. The molecular weight excluding hydrogens is 218 g/mol. The minimum absolute atomic E-state index is 0.0980. The van der Waals surface area contributed by atoms with Gasteiger partial charge in [-0.05, 0) is 39.4 Å². The van der Waals surface area contributed by atoms with E-state index in [4.69, 9.17) is 5.73 Å². The molecule has 0 spiro atoms. The number of nitrogens with two attached hydrogens (primary N) is 1. The van der Waals surface area contributed by atoms with Crippen LogP contribution in [0.15, 0.2) is 0 Å². The van der Waals surface area contributed by atoms with Crippen LogP contribution in [-0.4, -0.2) is 49.8 Å². The highest BCUT2D eigenvalue weighted by molar-refractivity contribution is 5.84. The summed E-state index contributed by atoms with van der Waals surface area (Å²) in [5, 5.41) is 2.76. The molecule has 5 nitrogen and oxygen atoms in total. The molecule has 2 atom stereocenters. The number of hydrogen-bond acceptors (Lipinski definition) is 4. The van der Waals surface area contributed by atoms with Gasteiger partial charge in [-0.2, -0.15) is 0 Å². The highest BCUT2D eigenvalue weighted by atomic mass is 16.2. The second-order valence-corrected chi connectivity index (χ2v) is 4.83. The lowest BCUT2D eigenvalue weighted by Crippen LogP contribution is -2.50. The molecule has 2 unspecified atom stereocenters. The zero-order chi connectivity index (χ0) is 13.4. The van der Waals surface area contributed by atoms with Crippen molar-refractivity contribution in [3.05, 3.63) is 0 Å². The second kappa shape index (κ2) is 8.20. The van der Waals surface area contributed by atoms with E-state index in [1.165, 1.54) is 0 Å². The SMILES string of the molecule is CC(C)C(C(=O)NC(C=O)CCCN)N(C)C. The Balaban J connectivity index is 4.41. The van der Waals surface area contributed by atoms with Crippen LogP contribution in [0.2, 0.25) is 0 Å². The lowest BCUT2D eigenvalue weighted by Gasteiger charge is -2.27. The summed E-state index contributed by atoms with van der Waals surface area (Å²) in [6.07, 6.45) is 2.11. The van der Waals surface area contributed by atoms with E-state index in [0.29, 0.717) is 13.0 Å². The van der Waals surface area contributed by atoms with Gasteiger partial charge in [0.25, 0.3) is 0 Å². The summed E-state index contributed by atoms with van der Waals surface area (Å²) in [7, 11) is 3.72. The van der Waals surface area contributed by atoms with E-state index in [9.17, 15) is 9.59 Å². The fourth-order valence-electron chi connectivity index (χ4n) is 1.91. The Morgan fingerprint density at radius 3 is 2.35 bits per heavy atom. The average Bonchev–Trinajstić information content (AvgIpc) is 2.22. The Bertz CT molecular complexity index is 234. The summed E-state index contributed by atoms with van der Waals surface area (Å²) in [5.41, 5.74) is 5.38. The molecule has 0 fully saturated rings. The zero-order valence-corrected chi connectivity index (χ0v) is 11.3. The Morgan fingerprint density at radius 2 is 2.00 bits per heavy atom. The maximum absolute atomic E-state index is 12.0. The molecule has 0 saturated heterocycles. The lowest BCUT2D eigenvalue weighted by atomic mass is 10.0. The van der Waals surface area contributed by atoms with Crippen molar-refractivity contribution in [2.75, 3.05) is 20.6 Å². The Morgan fingerprint density at radius 1 is 1.41 bits per heavy atom. The van der Waals surface area contributed by atoms with Crippen LogP contribution in [-0.2, 0) is 9.59 Å². The third-order valence-corrected chi connectivity index (χ3v) is 2.67. The van der Waals surface area contributed by atoms with Gasteiger partial charge < -0.3 is 15.8 Å². The highest BCUT2D eigenvalue weighted by Crippen LogP contribution is 2.08. The summed E-state index contributed by atoms with van der Waals surface area (Å²) in [5.74, 6) is 0.103. The first-order valence-corrected chi connectivity index (χ1v) is 6.06. The van der Waals surface area contributed by atoms with Gasteiger partial charge in [-0.15, -0.1) is 0 Å². The highest BCUT2D eigenvalue weighted by Gasteiger charge is 2.25. The van der Waals surface area contributed by atoms with E-state index in [0.717, 1.165) is 12.7 Å². The summed E-state index contributed by atoms with van der Waals surface area (Å²) in [4.78, 5) is 24.7. The van der Waals surface area contributed by atoms with Gasteiger partial charge in [-0.3, -0.25) is 9.69 Å². The quantitative estimate of drug-likeness (QED) is 0.588. The summed E-state index contributed by atoms with van der Waals surface area (Å²) in [6, 6.07) is -0.637. The van der Waals surface area contributed by atoms with Gasteiger partial charge in [0.05, 0.1) is 12.1 Å². The second-order valence-electron chi connectivity index (χ2n) is 4.83. The van der Waals surface area contributed by atoms with Gasteiger partial charge in [0.2, 0.25) is 5.91 Å². The molecule has 100 valence electrons. The van der Waals surface area contributed by atoms with E-state index in [-0.39, 0.29) is 17.9 Å². The molecule has 17 heavy (non-hydrogen) atoms. The number of rotatable bonds is 8. The number of aldehydes is 1. The van der Waals surface area contributed by atoms with Gasteiger partial charge in [-0.25, -0.2) is 0 Å². The molecule has 0 heterocycles. The fraction of sp³-hybridized carbons (Fsp3) is 0.833. The van der Waals surface area contributed by atoms with Gasteiger partial charge in [0.1, 0.15) is 6.29 Å². The number of likely N-dealkylation sites (N-methyl/N-ethyl adjacent to an activating group) is 1. The molecule has 0 aromatic rings. The van der Waals surface area contributed by atoms with E-state index < -0.39 is 6.04 Å². The maximum atomic E-state index is 12.0. The number of carbonyl (C=O) groups excluding carboxylic acids is 2. The number of carbonyl (C=O) groups is 2. The van der Waals surface area contributed by atoms with Crippen molar-refractivity contribution in [2.45, 2.75) is 38.8 Å². The number of hydrogen-bond donors (Lipinski definition) is 2. The number of nitrogens with zero attached hydrogens (tertiary/aromatic N) is 1. The topological polar surface area (TPSA) is 75.4 Å². The van der Waals surface area contributed by atoms with Crippen molar-refractivity contribution in [1.29, 1.82) is 0 Å². The molecule has 0 bridgehead atoms. The third-order valence-electron chi connectivity index (χ3n) is 2.67. The van der Waals surface area contributed by atoms with Crippen molar-refractivity contribution in [3.8, 4) is 0 Å². The van der Waals surface area contributed by atoms with Crippen LogP contribution >= 0.6 is 0 Å². The monoisotopic (exact) mass is 243 g/mol. The zero-order valence-electron chi connectivity index (χ0n) is 11.3. The molecule has 3 N–H and O–H groups in total. The molecule has 0 rings (SSSR count). The molecule has 0 aliphatic heterocycles. The molecule has 0 aromatic carbocycles. The van der Waals surface area contributed by atoms with E-state index >= 15 is 0 Å². The molecule has 5 heteroatoms. The standard InChI is InChI=1S/C12H25N3O2/c1-9(2)11(15(3)4)12(17)14-10(8-16)6-5-7-13/h8-11H,5-7,13H2,1-4H3,(H,14,17). The van der Waals surface area contributed by atoms with Crippen LogP contribution in [0.5, 0.6) is 0 Å². The summed E-state index contributed by atoms with van der Waals surface area (Å²) >= 11 is 0. The number of amides is 1. The van der Waals surface area contributed by atoms with Crippen molar-refractivity contribution in [1.82, 2.24) is 10.2 Å². The Labute approximate surface area is 104 Å². The fourth-order valence-corrected chi connectivity index (χ4v) is 1.91. The van der Waals surface area contributed by atoms with Crippen LogP contribution in [0, 0.1) is 5.92 Å². The van der Waals surface area contributed by atoms with Crippen LogP contribution in [0.4, 0.5) is 0 Å². The van der Waals surface area contributed by atoms with E-state index in [1.54, 1.807) is 0 Å².